The predicted octanol–water partition coefficient (Wildman–Crippen LogP) is 4.21. The first-order valence-electron chi connectivity index (χ1n) is 7.70. The lowest BCUT2D eigenvalue weighted by Crippen LogP contribution is -2.15. The molecule has 0 aliphatic heterocycles. The summed E-state index contributed by atoms with van der Waals surface area (Å²) < 4.78 is 6.33. The van der Waals surface area contributed by atoms with E-state index in [-0.39, 0.29) is 17.8 Å². The summed E-state index contributed by atoms with van der Waals surface area (Å²) in [6, 6.07) is 7.67. The van der Waals surface area contributed by atoms with E-state index >= 15 is 0 Å². The zero-order valence-electron chi connectivity index (χ0n) is 12.6. The highest BCUT2D eigenvalue weighted by Crippen LogP contribution is 2.38. The van der Waals surface area contributed by atoms with E-state index in [1.54, 1.807) is 0 Å². The number of esters is 1. The van der Waals surface area contributed by atoms with Crippen LogP contribution in [0, 0.1) is 5.92 Å². The smallest absolute Gasteiger partial charge is 0.341 e. The van der Waals surface area contributed by atoms with E-state index in [4.69, 9.17) is 4.74 Å². The van der Waals surface area contributed by atoms with Crippen LogP contribution < -0.4 is 5.32 Å². The number of anilines is 1. The lowest BCUT2D eigenvalue weighted by Gasteiger charge is -2.07. The van der Waals surface area contributed by atoms with Gasteiger partial charge in [-0.3, -0.25) is 4.79 Å². The van der Waals surface area contributed by atoms with Crippen molar-refractivity contribution in [2.75, 3.05) is 11.9 Å². The number of amides is 1. The molecule has 1 saturated carbocycles. The molecule has 4 nitrogen and oxygen atoms in total. The van der Waals surface area contributed by atoms with Crippen LogP contribution in [0.1, 0.15) is 43.0 Å². The molecule has 116 valence electrons. The molecule has 3 rings (SSSR count). The van der Waals surface area contributed by atoms with Gasteiger partial charge in [-0.1, -0.05) is 31.5 Å². The van der Waals surface area contributed by atoms with Crippen LogP contribution in [0.15, 0.2) is 24.3 Å². The molecule has 2 aromatic rings. The number of carbonyl (C=O) groups is 2. The SMILES string of the molecule is CCCCOC(=O)c1c(NC(=O)C2CC2)sc2ccccc12. The molecule has 1 aliphatic carbocycles. The fraction of sp³-hybridized carbons (Fsp3) is 0.412. The molecule has 1 aromatic heterocycles. The van der Waals surface area contributed by atoms with Crippen LogP contribution in [-0.2, 0) is 9.53 Å². The van der Waals surface area contributed by atoms with Crippen molar-refractivity contribution in [3.8, 4) is 0 Å². The molecule has 1 heterocycles. The zero-order chi connectivity index (χ0) is 15.5. The molecule has 1 fully saturated rings. The van der Waals surface area contributed by atoms with Crippen LogP contribution in [0.4, 0.5) is 5.00 Å². The van der Waals surface area contributed by atoms with Gasteiger partial charge < -0.3 is 10.1 Å². The van der Waals surface area contributed by atoms with Crippen LogP contribution in [0.25, 0.3) is 10.1 Å². The molecular formula is C17H19NO3S. The molecule has 1 amide bonds. The molecule has 0 atom stereocenters. The molecule has 0 radical (unpaired) electrons. The fourth-order valence-electron chi connectivity index (χ4n) is 2.28. The van der Waals surface area contributed by atoms with Crippen molar-refractivity contribution in [2.45, 2.75) is 32.6 Å². The summed E-state index contributed by atoms with van der Waals surface area (Å²) in [5.41, 5.74) is 0.491. The number of carbonyl (C=O) groups excluding carboxylic acids is 2. The van der Waals surface area contributed by atoms with Gasteiger partial charge in [-0.05, 0) is 25.3 Å². The van der Waals surface area contributed by atoms with Crippen molar-refractivity contribution in [3.63, 3.8) is 0 Å². The summed E-state index contributed by atoms with van der Waals surface area (Å²) in [7, 11) is 0. The van der Waals surface area contributed by atoms with Gasteiger partial charge >= 0.3 is 5.97 Å². The summed E-state index contributed by atoms with van der Waals surface area (Å²) in [5, 5.41) is 4.37. The summed E-state index contributed by atoms with van der Waals surface area (Å²) in [6.07, 6.45) is 3.69. The molecule has 1 N–H and O–H groups in total. The minimum absolute atomic E-state index is 0.00849. The Hall–Kier alpha value is -1.88. The van der Waals surface area contributed by atoms with E-state index in [9.17, 15) is 9.59 Å². The monoisotopic (exact) mass is 317 g/mol. The lowest BCUT2D eigenvalue weighted by atomic mass is 10.1. The molecule has 22 heavy (non-hydrogen) atoms. The van der Waals surface area contributed by atoms with Crippen LogP contribution in [0.3, 0.4) is 0 Å². The second-order valence-electron chi connectivity index (χ2n) is 5.56. The van der Waals surface area contributed by atoms with E-state index in [0.29, 0.717) is 17.2 Å². The number of unbranched alkanes of at least 4 members (excludes halogenated alkanes) is 1. The molecule has 0 unspecified atom stereocenters. The van der Waals surface area contributed by atoms with Crippen LogP contribution in [0.5, 0.6) is 0 Å². The van der Waals surface area contributed by atoms with Crippen molar-refractivity contribution in [2.24, 2.45) is 5.92 Å². The first kappa shape index (κ1) is 15.0. The quantitative estimate of drug-likeness (QED) is 0.641. The summed E-state index contributed by atoms with van der Waals surface area (Å²) in [6.45, 7) is 2.46. The summed E-state index contributed by atoms with van der Waals surface area (Å²) >= 11 is 1.43. The van der Waals surface area contributed by atoms with Gasteiger partial charge in [0.05, 0.1) is 6.61 Å². The van der Waals surface area contributed by atoms with Gasteiger partial charge in [-0.25, -0.2) is 4.79 Å². The van der Waals surface area contributed by atoms with Gasteiger partial charge in [0.2, 0.25) is 5.91 Å². The highest BCUT2D eigenvalue weighted by atomic mass is 32.1. The highest BCUT2D eigenvalue weighted by Gasteiger charge is 2.31. The van der Waals surface area contributed by atoms with Gasteiger partial charge in [-0.15, -0.1) is 11.3 Å². The van der Waals surface area contributed by atoms with Gasteiger partial charge in [0, 0.05) is 16.0 Å². The van der Waals surface area contributed by atoms with Crippen LogP contribution >= 0.6 is 11.3 Å². The van der Waals surface area contributed by atoms with Crippen molar-refractivity contribution in [1.29, 1.82) is 0 Å². The van der Waals surface area contributed by atoms with Crippen molar-refractivity contribution in [1.82, 2.24) is 0 Å². The Balaban J connectivity index is 1.89. The summed E-state index contributed by atoms with van der Waals surface area (Å²) in [4.78, 5) is 24.4. The molecule has 0 bridgehead atoms. The molecular weight excluding hydrogens is 298 g/mol. The maximum Gasteiger partial charge on any atom is 0.341 e. The summed E-state index contributed by atoms with van der Waals surface area (Å²) in [5.74, 6) is -0.236. The Labute approximate surface area is 133 Å². The number of fused-ring (bicyclic) bond motifs is 1. The van der Waals surface area contributed by atoms with Crippen molar-refractivity contribution < 1.29 is 14.3 Å². The average Bonchev–Trinajstić information content (AvgIpc) is 3.29. The third kappa shape index (κ3) is 3.14. The number of nitrogens with one attached hydrogen (secondary N) is 1. The third-order valence-electron chi connectivity index (χ3n) is 3.72. The van der Waals surface area contributed by atoms with Gasteiger partial charge in [0.15, 0.2) is 0 Å². The maximum absolute atomic E-state index is 12.4. The van der Waals surface area contributed by atoms with E-state index in [1.165, 1.54) is 11.3 Å². The first-order chi connectivity index (χ1) is 10.7. The van der Waals surface area contributed by atoms with E-state index in [1.807, 2.05) is 24.3 Å². The number of rotatable bonds is 6. The average molecular weight is 317 g/mol. The first-order valence-corrected chi connectivity index (χ1v) is 8.52. The fourth-order valence-corrected chi connectivity index (χ4v) is 3.37. The highest BCUT2D eigenvalue weighted by molar-refractivity contribution is 7.23. The minimum Gasteiger partial charge on any atom is -0.462 e. The Bertz CT molecular complexity index is 703. The normalized spacial score (nSPS) is 14.0. The number of ether oxygens (including phenoxy) is 1. The second kappa shape index (κ2) is 6.48. The van der Waals surface area contributed by atoms with E-state index < -0.39 is 0 Å². The topological polar surface area (TPSA) is 55.4 Å². The third-order valence-corrected chi connectivity index (χ3v) is 4.80. The number of hydrogen-bond donors (Lipinski definition) is 1. The molecule has 0 spiro atoms. The van der Waals surface area contributed by atoms with Gasteiger partial charge in [0.1, 0.15) is 10.6 Å². The number of thiophene rings is 1. The Kier molecular flexibility index (Phi) is 4.43. The standard InChI is InChI=1S/C17H19NO3S/c1-2-3-10-21-17(20)14-12-6-4-5-7-13(12)22-16(14)18-15(19)11-8-9-11/h4-7,11H,2-3,8-10H2,1H3,(H,18,19). The Morgan fingerprint density at radius 1 is 1.32 bits per heavy atom. The van der Waals surface area contributed by atoms with Crippen LogP contribution in [-0.4, -0.2) is 18.5 Å². The molecule has 1 aliphatic rings. The van der Waals surface area contributed by atoms with E-state index in [0.717, 1.165) is 35.8 Å². The molecule has 1 aromatic carbocycles. The second-order valence-corrected chi connectivity index (χ2v) is 6.61. The predicted molar refractivity (Wildman–Crippen MR) is 88.4 cm³/mol. The Morgan fingerprint density at radius 3 is 2.82 bits per heavy atom. The number of benzene rings is 1. The molecule has 0 saturated heterocycles. The maximum atomic E-state index is 12.4. The Morgan fingerprint density at radius 2 is 2.09 bits per heavy atom. The van der Waals surface area contributed by atoms with Crippen LogP contribution in [0.2, 0.25) is 0 Å². The lowest BCUT2D eigenvalue weighted by molar-refractivity contribution is -0.117. The van der Waals surface area contributed by atoms with Gasteiger partial charge in [0.25, 0.3) is 0 Å². The molecule has 5 heteroatoms. The van der Waals surface area contributed by atoms with Crippen molar-refractivity contribution in [3.05, 3.63) is 29.8 Å². The minimum atomic E-state index is -0.350. The largest absolute Gasteiger partial charge is 0.462 e. The van der Waals surface area contributed by atoms with Gasteiger partial charge in [-0.2, -0.15) is 0 Å². The zero-order valence-corrected chi connectivity index (χ0v) is 13.4. The van der Waals surface area contributed by atoms with Crippen molar-refractivity contribution >= 4 is 38.3 Å². The number of hydrogen-bond acceptors (Lipinski definition) is 4. The van der Waals surface area contributed by atoms with E-state index in [2.05, 4.69) is 12.2 Å².